The van der Waals surface area contributed by atoms with Gasteiger partial charge < -0.3 is 4.90 Å². The van der Waals surface area contributed by atoms with Crippen molar-refractivity contribution in [3.8, 4) is 0 Å². The number of hydrogen-bond acceptors (Lipinski definition) is 8. The highest BCUT2D eigenvalue weighted by Gasteiger charge is 2.22. The number of rotatable bonds is 7. The molecule has 0 saturated carbocycles. The van der Waals surface area contributed by atoms with Crippen molar-refractivity contribution in [2.24, 2.45) is 7.05 Å². The average molecular weight is 507 g/mol. The Kier molecular flexibility index (Phi) is 5.95. The van der Waals surface area contributed by atoms with Crippen LogP contribution in [0.1, 0.15) is 11.1 Å². The van der Waals surface area contributed by atoms with Gasteiger partial charge >= 0.3 is 0 Å². The van der Waals surface area contributed by atoms with Gasteiger partial charge in [-0.3, -0.25) is 9.48 Å². The van der Waals surface area contributed by atoms with Crippen molar-refractivity contribution in [3.63, 3.8) is 0 Å². The van der Waals surface area contributed by atoms with Crippen LogP contribution in [0.3, 0.4) is 0 Å². The summed E-state index contributed by atoms with van der Waals surface area (Å²) in [5, 5.41) is 11.1. The van der Waals surface area contributed by atoms with Crippen molar-refractivity contribution < 1.29 is 8.42 Å². The number of aromatic nitrogens is 5. The van der Waals surface area contributed by atoms with Crippen LogP contribution in [0.5, 0.6) is 0 Å². The Morgan fingerprint density at radius 2 is 1.83 bits per heavy atom. The van der Waals surface area contributed by atoms with Crippen molar-refractivity contribution in [1.29, 1.82) is 0 Å². The van der Waals surface area contributed by atoms with E-state index in [9.17, 15) is 13.2 Å². The maximum absolute atomic E-state index is 13.3. The molecule has 178 valence electrons. The maximum Gasteiger partial charge on any atom is 0.290 e. The van der Waals surface area contributed by atoms with E-state index in [-0.39, 0.29) is 22.2 Å². The first-order valence-corrected chi connectivity index (χ1v) is 13.3. The molecule has 0 aliphatic heterocycles. The Bertz CT molecular complexity index is 1670. The summed E-state index contributed by atoms with van der Waals surface area (Å²) in [6.07, 6.45) is 3.33. The second-order valence-corrected chi connectivity index (χ2v) is 11.1. The van der Waals surface area contributed by atoms with Crippen LogP contribution in [0, 0.1) is 0 Å². The summed E-state index contributed by atoms with van der Waals surface area (Å²) in [7, 11) is -0.0534. The highest BCUT2D eigenvalue weighted by atomic mass is 32.2. The van der Waals surface area contributed by atoms with E-state index in [0.29, 0.717) is 17.1 Å². The van der Waals surface area contributed by atoms with E-state index in [1.807, 2.05) is 31.3 Å². The van der Waals surface area contributed by atoms with E-state index in [4.69, 9.17) is 0 Å². The van der Waals surface area contributed by atoms with E-state index in [1.165, 1.54) is 4.68 Å². The van der Waals surface area contributed by atoms with Crippen LogP contribution in [-0.4, -0.2) is 40.0 Å². The molecule has 0 radical (unpaired) electrons. The fourth-order valence-corrected chi connectivity index (χ4v) is 6.33. The highest BCUT2D eigenvalue weighted by molar-refractivity contribution is 7.92. The number of nitrogens with zero attached hydrogens (tertiary/aromatic N) is 6. The van der Waals surface area contributed by atoms with Crippen molar-refractivity contribution in [1.82, 2.24) is 24.5 Å². The first-order chi connectivity index (χ1) is 16.8. The fourth-order valence-electron chi connectivity index (χ4n) is 3.87. The summed E-state index contributed by atoms with van der Waals surface area (Å²) >= 11 is 1.04. The van der Waals surface area contributed by atoms with E-state index in [0.717, 1.165) is 27.8 Å². The standard InChI is InChI=1S/C24H22N6O3S2/c1-28(22-15-34-24(27-22)35(32,33)16-17-7-4-3-5-8-17)21-11-12-25-30(23(21)31)14-18-9-6-10-20-19(18)13-26-29(20)2/h3-13,15H,14,16H2,1-2H3. The fraction of sp³-hybridized carbons (Fsp3) is 0.167. The summed E-state index contributed by atoms with van der Waals surface area (Å²) < 4.78 is 28.9. The molecule has 0 saturated heterocycles. The summed E-state index contributed by atoms with van der Waals surface area (Å²) in [6.45, 7) is 0.275. The zero-order valence-electron chi connectivity index (χ0n) is 19.1. The van der Waals surface area contributed by atoms with Gasteiger partial charge in [0.25, 0.3) is 5.56 Å². The molecular weight excluding hydrogens is 484 g/mol. The zero-order valence-corrected chi connectivity index (χ0v) is 20.7. The number of hydrogen-bond donors (Lipinski definition) is 0. The minimum Gasteiger partial charge on any atom is -0.324 e. The Balaban J connectivity index is 1.42. The smallest absolute Gasteiger partial charge is 0.290 e. The number of aryl methyl sites for hydroxylation is 1. The van der Waals surface area contributed by atoms with Crippen LogP contribution in [0.2, 0.25) is 0 Å². The van der Waals surface area contributed by atoms with Crippen LogP contribution < -0.4 is 10.5 Å². The van der Waals surface area contributed by atoms with Gasteiger partial charge in [-0.15, -0.1) is 11.3 Å². The molecule has 11 heteroatoms. The predicted octanol–water partition coefficient (Wildman–Crippen LogP) is 3.38. The van der Waals surface area contributed by atoms with Gasteiger partial charge in [0.15, 0.2) is 0 Å². The quantitative estimate of drug-likeness (QED) is 0.333. The molecule has 5 aromatic rings. The number of sulfone groups is 1. The van der Waals surface area contributed by atoms with Crippen molar-refractivity contribution in [2.75, 3.05) is 11.9 Å². The lowest BCUT2D eigenvalue weighted by molar-refractivity contribution is 0.594. The molecule has 5 rings (SSSR count). The topological polar surface area (TPSA) is 103 Å². The molecular formula is C24H22N6O3S2. The SMILES string of the molecule is CN(c1csc(S(=O)(=O)Cc2ccccc2)n1)c1ccnn(Cc2cccc3c2cnn3C)c1=O. The summed E-state index contributed by atoms with van der Waals surface area (Å²) in [5.41, 5.74) is 2.62. The van der Waals surface area contributed by atoms with Crippen molar-refractivity contribution in [3.05, 3.63) is 93.9 Å². The van der Waals surface area contributed by atoms with Crippen LogP contribution in [0.25, 0.3) is 10.9 Å². The molecule has 0 spiro atoms. The third-order valence-electron chi connectivity index (χ3n) is 5.74. The molecule has 0 fully saturated rings. The number of thiazole rings is 1. The third-order valence-corrected chi connectivity index (χ3v) is 8.74. The second-order valence-electron chi connectivity index (χ2n) is 8.07. The van der Waals surface area contributed by atoms with Gasteiger partial charge in [0.05, 0.1) is 24.0 Å². The summed E-state index contributed by atoms with van der Waals surface area (Å²) in [5.74, 6) is 0.248. The van der Waals surface area contributed by atoms with Gasteiger partial charge in [0.2, 0.25) is 14.2 Å². The number of anilines is 2. The molecule has 0 N–H and O–H groups in total. The van der Waals surface area contributed by atoms with E-state index >= 15 is 0 Å². The normalized spacial score (nSPS) is 11.7. The second kappa shape index (κ2) is 9.08. The third kappa shape index (κ3) is 4.47. The molecule has 0 aliphatic rings. The lowest BCUT2D eigenvalue weighted by atomic mass is 10.1. The Hall–Kier alpha value is -3.83. The van der Waals surface area contributed by atoms with Gasteiger partial charge in [-0.1, -0.05) is 42.5 Å². The van der Waals surface area contributed by atoms with E-state index < -0.39 is 9.84 Å². The molecule has 35 heavy (non-hydrogen) atoms. The molecule has 9 nitrogen and oxygen atoms in total. The van der Waals surface area contributed by atoms with Crippen LogP contribution in [0.4, 0.5) is 11.5 Å². The Labute approximate surface area is 205 Å². The van der Waals surface area contributed by atoms with Gasteiger partial charge in [-0.25, -0.2) is 18.1 Å². The van der Waals surface area contributed by atoms with E-state index in [2.05, 4.69) is 15.2 Å². The largest absolute Gasteiger partial charge is 0.324 e. The monoisotopic (exact) mass is 506 g/mol. The molecule has 3 aromatic heterocycles. The number of benzene rings is 2. The predicted molar refractivity (Wildman–Crippen MR) is 136 cm³/mol. The molecule has 2 aromatic carbocycles. The maximum atomic E-state index is 13.3. The molecule has 0 unspecified atom stereocenters. The van der Waals surface area contributed by atoms with E-state index in [1.54, 1.807) is 64.7 Å². The van der Waals surface area contributed by atoms with Gasteiger partial charge in [-0.2, -0.15) is 10.2 Å². The van der Waals surface area contributed by atoms with Crippen LogP contribution >= 0.6 is 11.3 Å². The molecule has 0 aliphatic carbocycles. The Morgan fingerprint density at radius 3 is 2.63 bits per heavy atom. The van der Waals surface area contributed by atoms with Crippen LogP contribution in [0.15, 0.2) is 81.5 Å². The summed E-state index contributed by atoms with van der Waals surface area (Å²) in [6, 6.07) is 16.4. The molecule has 0 atom stereocenters. The molecule has 3 heterocycles. The molecule has 0 amide bonds. The minimum absolute atomic E-state index is 0.0147. The lowest BCUT2D eigenvalue weighted by Crippen LogP contribution is -2.29. The highest BCUT2D eigenvalue weighted by Crippen LogP contribution is 2.27. The van der Waals surface area contributed by atoms with Gasteiger partial charge in [-0.05, 0) is 23.3 Å². The van der Waals surface area contributed by atoms with Crippen LogP contribution in [-0.2, 0) is 29.2 Å². The molecule has 0 bridgehead atoms. The zero-order chi connectivity index (χ0) is 24.6. The number of fused-ring (bicyclic) bond motifs is 1. The lowest BCUT2D eigenvalue weighted by Gasteiger charge is -2.16. The summed E-state index contributed by atoms with van der Waals surface area (Å²) in [4.78, 5) is 19.2. The Morgan fingerprint density at radius 1 is 1.03 bits per heavy atom. The van der Waals surface area contributed by atoms with Gasteiger partial charge in [0, 0.05) is 31.1 Å². The minimum atomic E-state index is -3.61. The average Bonchev–Trinajstić information content (AvgIpc) is 3.49. The first-order valence-electron chi connectivity index (χ1n) is 10.7. The van der Waals surface area contributed by atoms with Crippen molar-refractivity contribution >= 4 is 43.6 Å². The first kappa shape index (κ1) is 22.9. The van der Waals surface area contributed by atoms with Gasteiger partial charge in [0.1, 0.15) is 11.5 Å². The van der Waals surface area contributed by atoms with Crippen molar-refractivity contribution in [2.45, 2.75) is 16.6 Å².